The molecular weight excluding hydrogens is 280 g/mol. The fraction of sp³-hybridized carbons (Fsp3) is 0.462. The van der Waals surface area contributed by atoms with E-state index < -0.39 is 0 Å². The molecule has 0 saturated carbocycles. The molecule has 17 heavy (non-hydrogen) atoms. The summed E-state index contributed by atoms with van der Waals surface area (Å²) in [7, 11) is 0. The van der Waals surface area contributed by atoms with Crippen LogP contribution >= 0.6 is 15.9 Å². The third-order valence-corrected chi connectivity index (χ3v) is 3.50. The highest BCUT2D eigenvalue weighted by molar-refractivity contribution is 9.10. The van der Waals surface area contributed by atoms with Crippen molar-refractivity contribution in [2.24, 2.45) is 0 Å². The molecule has 0 atom stereocenters. The second-order valence-corrected chi connectivity index (χ2v) is 5.92. The first-order chi connectivity index (χ1) is 7.98. The molecule has 1 amide bonds. The number of anilines is 1. The second-order valence-electron chi connectivity index (χ2n) is 5.01. The van der Waals surface area contributed by atoms with Crippen LogP contribution in [0.25, 0.3) is 0 Å². The van der Waals surface area contributed by atoms with Gasteiger partial charge in [-0.3, -0.25) is 4.79 Å². The highest BCUT2D eigenvalue weighted by Crippen LogP contribution is 2.22. The number of amides is 1. The molecule has 1 fully saturated rings. The Morgan fingerprint density at radius 2 is 1.94 bits per heavy atom. The lowest BCUT2D eigenvalue weighted by atomic mass is 10.0. The molecule has 3 nitrogen and oxygen atoms in total. The van der Waals surface area contributed by atoms with Crippen molar-refractivity contribution in [2.45, 2.75) is 25.8 Å². The van der Waals surface area contributed by atoms with Crippen LogP contribution in [-0.2, 0) is 4.79 Å². The summed E-state index contributed by atoms with van der Waals surface area (Å²) in [6.45, 7) is 5.69. The predicted octanol–water partition coefficient (Wildman–Crippen LogP) is 2.55. The Morgan fingerprint density at radius 1 is 1.29 bits per heavy atom. The van der Waals surface area contributed by atoms with E-state index in [4.69, 9.17) is 0 Å². The molecule has 4 heteroatoms. The van der Waals surface area contributed by atoms with Crippen molar-refractivity contribution in [2.75, 3.05) is 18.0 Å². The lowest BCUT2D eigenvalue weighted by Crippen LogP contribution is -2.39. The number of hydrogen-bond acceptors (Lipinski definition) is 2. The maximum absolute atomic E-state index is 12.2. The first-order valence-corrected chi connectivity index (χ1v) is 6.58. The van der Waals surface area contributed by atoms with Gasteiger partial charge in [0.2, 0.25) is 5.91 Å². The number of rotatable bonds is 1. The summed E-state index contributed by atoms with van der Waals surface area (Å²) in [5.74, 6) is 0.183. The number of hydrogen-bond donors (Lipinski definition) is 1. The maximum atomic E-state index is 12.2. The minimum atomic E-state index is -0.110. The van der Waals surface area contributed by atoms with Crippen LogP contribution in [0.2, 0.25) is 0 Å². The van der Waals surface area contributed by atoms with Crippen molar-refractivity contribution < 1.29 is 4.79 Å². The van der Waals surface area contributed by atoms with E-state index in [0.717, 1.165) is 23.2 Å². The van der Waals surface area contributed by atoms with Crippen LogP contribution in [0, 0.1) is 0 Å². The summed E-state index contributed by atoms with van der Waals surface area (Å²) in [6.07, 6.45) is 0.531. The molecule has 1 aliphatic heterocycles. The molecule has 1 saturated heterocycles. The van der Waals surface area contributed by atoms with Crippen molar-refractivity contribution in [3.05, 3.63) is 28.7 Å². The van der Waals surface area contributed by atoms with Gasteiger partial charge in [-0.05, 0) is 38.1 Å². The molecule has 1 aliphatic rings. The van der Waals surface area contributed by atoms with E-state index in [1.807, 2.05) is 29.2 Å². The van der Waals surface area contributed by atoms with Gasteiger partial charge in [-0.2, -0.15) is 0 Å². The number of benzene rings is 1. The Labute approximate surface area is 110 Å². The van der Waals surface area contributed by atoms with Gasteiger partial charge >= 0.3 is 0 Å². The van der Waals surface area contributed by atoms with E-state index in [2.05, 4.69) is 35.1 Å². The molecule has 1 heterocycles. The number of nitrogens with zero attached hydrogens (tertiary/aromatic N) is 1. The van der Waals surface area contributed by atoms with Gasteiger partial charge < -0.3 is 10.2 Å². The van der Waals surface area contributed by atoms with E-state index in [-0.39, 0.29) is 11.4 Å². The highest BCUT2D eigenvalue weighted by Gasteiger charge is 2.28. The first kappa shape index (κ1) is 12.6. The van der Waals surface area contributed by atoms with Gasteiger partial charge in [0, 0.05) is 35.2 Å². The molecule has 0 bridgehead atoms. The molecule has 0 unspecified atom stereocenters. The molecule has 0 aromatic heterocycles. The SMILES string of the molecule is CC1(C)CC(=O)N(c2ccc(Br)cc2)CCN1. The zero-order valence-electron chi connectivity index (χ0n) is 10.2. The van der Waals surface area contributed by atoms with E-state index in [1.54, 1.807) is 0 Å². The summed E-state index contributed by atoms with van der Waals surface area (Å²) in [5.41, 5.74) is 0.860. The number of nitrogens with one attached hydrogen (secondary N) is 1. The van der Waals surface area contributed by atoms with Crippen molar-refractivity contribution in [1.29, 1.82) is 0 Å². The van der Waals surface area contributed by atoms with Crippen molar-refractivity contribution in [3.63, 3.8) is 0 Å². The van der Waals surface area contributed by atoms with Crippen LogP contribution < -0.4 is 10.2 Å². The average molecular weight is 297 g/mol. The molecule has 1 aromatic rings. The van der Waals surface area contributed by atoms with Gasteiger partial charge in [-0.15, -0.1) is 0 Å². The van der Waals surface area contributed by atoms with Crippen LogP contribution in [0.15, 0.2) is 28.7 Å². The fourth-order valence-corrected chi connectivity index (χ4v) is 2.33. The Bertz CT molecular complexity index is 414. The largest absolute Gasteiger partial charge is 0.311 e. The second kappa shape index (κ2) is 4.78. The molecule has 0 radical (unpaired) electrons. The normalized spacial score (nSPS) is 20.2. The fourth-order valence-electron chi connectivity index (χ4n) is 2.06. The third kappa shape index (κ3) is 3.07. The maximum Gasteiger partial charge on any atom is 0.228 e. The lowest BCUT2D eigenvalue weighted by molar-refractivity contribution is -0.119. The molecule has 92 valence electrons. The van der Waals surface area contributed by atoms with E-state index >= 15 is 0 Å². The number of carbonyl (C=O) groups excluding carboxylic acids is 1. The summed E-state index contributed by atoms with van der Waals surface area (Å²) in [4.78, 5) is 14.0. The van der Waals surface area contributed by atoms with Gasteiger partial charge in [0.25, 0.3) is 0 Å². The van der Waals surface area contributed by atoms with Crippen molar-refractivity contribution in [3.8, 4) is 0 Å². The number of carbonyl (C=O) groups is 1. The standard InChI is InChI=1S/C13H17BrN2O/c1-13(2)9-12(17)16(8-7-15-13)11-5-3-10(14)4-6-11/h3-6,15H,7-9H2,1-2H3. The number of halogens is 1. The third-order valence-electron chi connectivity index (χ3n) is 2.97. The van der Waals surface area contributed by atoms with E-state index in [9.17, 15) is 4.79 Å². The highest BCUT2D eigenvalue weighted by atomic mass is 79.9. The van der Waals surface area contributed by atoms with Gasteiger partial charge in [0.05, 0.1) is 0 Å². The monoisotopic (exact) mass is 296 g/mol. The van der Waals surface area contributed by atoms with Crippen LogP contribution in [0.5, 0.6) is 0 Å². The molecule has 1 aromatic carbocycles. The Morgan fingerprint density at radius 3 is 2.59 bits per heavy atom. The van der Waals surface area contributed by atoms with Crippen LogP contribution in [0.3, 0.4) is 0 Å². The zero-order chi connectivity index (χ0) is 12.5. The molecule has 1 N–H and O–H groups in total. The van der Waals surface area contributed by atoms with E-state index in [1.165, 1.54) is 0 Å². The van der Waals surface area contributed by atoms with Crippen molar-refractivity contribution in [1.82, 2.24) is 5.32 Å². The van der Waals surface area contributed by atoms with Gasteiger partial charge in [0.15, 0.2) is 0 Å². The minimum Gasteiger partial charge on any atom is -0.311 e. The predicted molar refractivity (Wildman–Crippen MR) is 73.2 cm³/mol. The minimum absolute atomic E-state index is 0.110. The summed E-state index contributed by atoms with van der Waals surface area (Å²) in [5, 5.41) is 3.39. The smallest absolute Gasteiger partial charge is 0.228 e. The summed E-state index contributed by atoms with van der Waals surface area (Å²) in [6, 6.07) is 7.87. The quantitative estimate of drug-likeness (QED) is 0.864. The lowest BCUT2D eigenvalue weighted by Gasteiger charge is -2.23. The first-order valence-electron chi connectivity index (χ1n) is 5.79. The topological polar surface area (TPSA) is 32.3 Å². The van der Waals surface area contributed by atoms with Crippen LogP contribution in [-0.4, -0.2) is 24.5 Å². The van der Waals surface area contributed by atoms with E-state index in [0.29, 0.717) is 6.42 Å². The summed E-state index contributed by atoms with van der Waals surface area (Å²) >= 11 is 3.40. The zero-order valence-corrected chi connectivity index (χ0v) is 11.8. The van der Waals surface area contributed by atoms with Gasteiger partial charge in [-0.25, -0.2) is 0 Å². The molecule has 0 aliphatic carbocycles. The van der Waals surface area contributed by atoms with Crippen molar-refractivity contribution >= 4 is 27.5 Å². The Balaban J connectivity index is 2.21. The summed E-state index contributed by atoms with van der Waals surface area (Å²) < 4.78 is 1.03. The molecular formula is C13H17BrN2O. The molecule has 0 spiro atoms. The Hall–Kier alpha value is -0.870. The van der Waals surface area contributed by atoms with Gasteiger partial charge in [-0.1, -0.05) is 15.9 Å². The van der Waals surface area contributed by atoms with Gasteiger partial charge in [0.1, 0.15) is 0 Å². The Kier molecular flexibility index (Phi) is 3.54. The average Bonchev–Trinajstić information content (AvgIpc) is 2.37. The van der Waals surface area contributed by atoms with Crippen LogP contribution in [0.4, 0.5) is 5.69 Å². The van der Waals surface area contributed by atoms with Crippen LogP contribution in [0.1, 0.15) is 20.3 Å². The molecule has 2 rings (SSSR count).